The van der Waals surface area contributed by atoms with E-state index < -0.39 is 0 Å². The summed E-state index contributed by atoms with van der Waals surface area (Å²) >= 11 is 3.50. The Morgan fingerprint density at radius 1 is 1.32 bits per heavy atom. The molecule has 3 nitrogen and oxygen atoms in total. The number of rotatable bonds is 3. The number of likely N-dealkylation sites (tertiary alicyclic amines) is 1. The van der Waals surface area contributed by atoms with Crippen LogP contribution >= 0.6 is 15.9 Å². The van der Waals surface area contributed by atoms with Gasteiger partial charge in [-0.1, -0.05) is 13.3 Å². The molecule has 104 valence electrons. The number of piperidine rings is 1. The zero-order valence-electron chi connectivity index (χ0n) is 11.4. The highest BCUT2D eigenvalue weighted by Gasteiger charge is 2.30. The molecule has 1 aromatic heterocycles. The van der Waals surface area contributed by atoms with Gasteiger partial charge in [0.05, 0.1) is 0 Å². The maximum absolute atomic E-state index is 12.6. The largest absolute Gasteiger partial charge is 0.339 e. The van der Waals surface area contributed by atoms with E-state index in [2.05, 4.69) is 33.6 Å². The van der Waals surface area contributed by atoms with E-state index >= 15 is 0 Å². The van der Waals surface area contributed by atoms with Crippen molar-refractivity contribution in [3.05, 3.63) is 22.4 Å². The Bertz CT molecular complexity index is 470. The summed E-state index contributed by atoms with van der Waals surface area (Å²) < 4.78 is 3.18. The molecule has 0 atom stereocenters. The summed E-state index contributed by atoms with van der Waals surface area (Å²) in [5, 5.41) is 0. The van der Waals surface area contributed by atoms with Crippen molar-refractivity contribution in [1.82, 2.24) is 9.47 Å². The second kappa shape index (κ2) is 5.31. The third-order valence-electron chi connectivity index (χ3n) is 4.45. The Morgan fingerprint density at radius 2 is 2.00 bits per heavy atom. The van der Waals surface area contributed by atoms with Crippen molar-refractivity contribution in [1.29, 1.82) is 0 Å². The van der Waals surface area contributed by atoms with E-state index in [0.717, 1.165) is 42.0 Å². The summed E-state index contributed by atoms with van der Waals surface area (Å²) in [6.07, 6.45) is 8.04. The molecule has 1 aliphatic heterocycles. The second-order valence-corrected chi connectivity index (χ2v) is 6.74. The topological polar surface area (TPSA) is 25.2 Å². The molecule has 0 aromatic carbocycles. The third kappa shape index (κ3) is 2.73. The fraction of sp³-hybridized carbons (Fsp3) is 0.667. The van der Waals surface area contributed by atoms with Gasteiger partial charge in [0.1, 0.15) is 5.69 Å². The molecule has 0 unspecified atom stereocenters. The standard InChI is InChI=1S/C15H21BrN2O/c1-2-11-5-7-17(8-6-11)15(19)14-9-12(16)10-18(14)13-3-4-13/h9-11,13H,2-8H2,1H3. The van der Waals surface area contributed by atoms with E-state index in [1.54, 1.807) is 0 Å². The Morgan fingerprint density at radius 3 is 2.58 bits per heavy atom. The first-order valence-corrected chi connectivity index (χ1v) is 8.15. The molecule has 1 aliphatic carbocycles. The van der Waals surface area contributed by atoms with Crippen LogP contribution in [-0.2, 0) is 0 Å². The Balaban J connectivity index is 1.73. The van der Waals surface area contributed by atoms with Gasteiger partial charge in [0.15, 0.2) is 0 Å². The van der Waals surface area contributed by atoms with Gasteiger partial charge in [-0.3, -0.25) is 4.79 Å². The van der Waals surface area contributed by atoms with E-state index in [1.807, 2.05) is 11.0 Å². The van der Waals surface area contributed by atoms with Crippen LogP contribution in [0.4, 0.5) is 0 Å². The van der Waals surface area contributed by atoms with Crippen molar-refractivity contribution in [2.45, 2.75) is 45.1 Å². The fourth-order valence-corrected chi connectivity index (χ4v) is 3.42. The normalized spacial score (nSPS) is 20.8. The molecular formula is C15H21BrN2O. The summed E-state index contributed by atoms with van der Waals surface area (Å²) in [6.45, 7) is 4.09. The highest BCUT2D eigenvalue weighted by Crippen LogP contribution is 2.38. The average molecular weight is 325 g/mol. The SMILES string of the molecule is CCC1CCN(C(=O)c2cc(Br)cn2C2CC2)CC1. The minimum atomic E-state index is 0.215. The van der Waals surface area contributed by atoms with Crippen LogP contribution in [0.1, 0.15) is 55.6 Å². The molecular weight excluding hydrogens is 304 g/mol. The summed E-state index contributed by atoms with van der Waals surface area (Å²) in [6, 6.07) is 2.53. The van der Waals surface area contributed by atoms with E-state index in [4.69, 9.17) is 0 Å². The molecule has 2 fully saturated rings. The predicted octanol–water partition coefficient (Wildman–Crippen LogP) is 3.85. The lowest BCUT2D eigenvalue weighted by molar-refractivity contribution is 0.0677. The van der Waals surface area contributed by atoms with Crippen LogP contribution < -0.4 is 0 Å². The van der Waals surface area contributed by atoms with Gasteiger partial charge in [0, 0.05) is 29.8 Å². The number of carbonyl (C=O) groups is 1. The van der Waals surface area contributed by atoms with Crippen molar-refractivity contribution < 1.29 is 4.79 Å². The average Bonchev–Trinajstić information content (AvgIpc) is 3.21. The molecule has 0 radical (unpaired) electrons. The molecule has 2 heterocycles. The van der Waals surface area contributed by atoms with Gasteiger partial charge in [-0.05, 0) is 53.6 Å². The first-order valence-electron chi connectivity index (χ1n) is 7.35. The van der Waals surface area contributed by atoms with Gasteiger partial charge in [0.25, 0.3) is 5.91 Å². The number of nitrogens with zero attached hydrogens (tertiary/aromatic N) is 2. The van der Waals surface area contributed by atoms with Crippen LogP contribution in [0, 0.1) is 5.92 Å². The lowest BCUT2D eigenvalue weighted by Gasteiger charge is -2.31. The number of aromatic nitrogens is 1. The number of amides is 1. The van der Waals surface area contributed by atoms with Crippen molar-refractivity contribution >= 4 is 21.8 Å². The molecule has 19 heavy (non-hydrogen) atoms. The van der Waals surface area contributed by atoms with Gasteiger partial charge in [0.2, 0.25) is 0 Å². The first kappa shape index (κ1) is 13.2. The van der Waals surface area contributed by atoms with Crippen molar-refractivity contribution in [3.63, 3.8) is 0 Å². The van der Waals surface area contributed by atoms with E-state index in [-0.39, 0.29) is 5.91 Å². The van der Waals surface area contributed by atoms with E-state index in [1.165, 1.54) is 19.3 Å². The van der Waals surface area contributed by atoms with Crippen LogP contribution in [0.25, 0.3) is 0 Å². The van der Waals surface area contributed by atoms with Crippen LogP contribution in [0.15, 0.2) is 16.7 Å². The van der Waals surface area contributed by atoms with Gasteiger partial charge in [-0.25, -0.2) is 0 Å². The molecule has 2 aliphatic rings. The van der Waals surface area contributed by atoms with E-state index in [9.17, 15) is 4.79 Å². The van der Waals surface area contributed by atoms with Crippen molar-refractivity contribution in [2.24, 2.45) is 5.92 Å². The number of hydrogen-bond acceptors (Lipinski definition) is 1. The lowest BCUT2D eigenvalue weighted by atomic mass is 9.94. The Kier molecular flexibility index (Phi) is 3.70. The van der Waals surface area contributed by atoms with Crippen LogP contribution in [0.3, 0.4) is 0 Å². The lowest BCUT2D eigenvalue weighted by Crippen LogP contribution is -2.39. The maximum atomic E-state index is 12.6. The van der Waals surface area contributed by atoms with Gasteiger partial charge < -0.3 is 9.47 Å². The van der Waals surface area contributed by atoms with Gasteiger partial charge in [-0.15, -0.1) is 0 Å². The number of halogens is 1. The first-order chi connectivity index (χ1) is 9.19. The van der Waals surface area contributed by atoms with Crippen LogP contribution in [0.2, 0.25) is 0 Å². The smallest absolute Gasteiger partial charge is 0.270 e. The highest BCUT2D eigenvalue weighted by atomic mass is 79.9. The molecule has 1 aromatic rings. The quantitative estimate of drug-likeness (QED) is 0.829. The summed E-state index contributed by atoms with van der Waals surface area (Å²) in [7, 11) is 0. The molecule has 4 heteroatoms. The number of carbonyl (C=O) groups excluding carboxylic acids is 1. The zero-order chi connectivity index (χ0) is 13.4. The molecule has 1 saturated heterocycles. The molecule has 0 bridgehead atoms. The third-order valence-corrected chi connectivity index (χ3v) is 4.89. The Hall–Kier alpha value is -0.770. The fourth-order valence-electron chi connectivity index (χ4n) is 2.98. The predicted molar refractivity (Wildman–Crippen MR) is 79.3 cm³/mol. The monoisotopic (exact) mass is 324 g/mol. The summed E-state index contributed by atoms with van der Waals surface area (Å²) in [4.78, 5) is 14.7. The number of hydrogen-bond donors (Lipinski definition) is 0. The van der Waals surface area contributed by atoms with Gasteiger partial charge in [-0.2, -0.15) is 0 Å². The zero-order valence-corrected chi connectivity index (χ0v) is 13.0. The second-order valence-electron chi connectivity index (χ2n) is 5.83. The highest BCUT2D eigenvalue weighted by molar-refractivity contribution is 9.10. The molecule has 3 rings (SSSR count). The van der Waals surface area contributed by atoms with Crippen LogP contribution in [0.5, 0.6) is 0 Å². The maximum Gasteiger partial charge on any atom is 0.270 e. The molecule has 0 spiro atoms. The minimum absolute atomic E-state index is 0.215. The summed E-state index contributed by atoms with van der Waals surface area (Å²) in [5.41, 5.74) is 0.865. The molecule has 1 amide bonds. The van der Waals surface area contributed by atoms with Crippen LogP contribution in [-0.4, -0.2) is 28.5 Å². The van der Waals surface area contributed by atoms with Crippen molar-refractivity contribution in [2.75, 3.05) is 13.1 Å². The van der Waals surface area contributed by atoms with Gasteiger partial charge >= 0.3 is 0 Å². The molecule has 0 N–H and O–H groups in total. The van der Waals surface area contributed by atoms with E-state index in [0.29, 0.717) is 6.04 Å². The van der Waals surface area contributed by atoms with Crippen molar-refractivity contribution in [3.8, 4) is 0 Å². The minimum Gasteiger partial charge on any atom is -0.339 e. The molecule has 1 saturated carbocycles. The Labute approximate surface area is 123 Å². The summed E-state index contributed by atoms with van der Waals surface area (Å²) in [5.74, 6) is 1.03.